The van der Waals surface area contributed by atoms with Crippen molar-refractivity contribution in [3.05, 3.63) is 71.2 Å². The normalized spacial score (nSPS) is 18.1. The molecule has 2 N–H and O–H groups in total. The van der Waals surface area contributed by atoms with Crippen LogP contribution in [0.3, 0.4) is 0 Å². The Morgan fingerprint density at radius 2 is 1.98 bits per heavy atom. The van der Waals surface area contributed by atoms with E-state index < -0.39 is 31.0 Å². The average molecular weight is 576 g/mol. The van der Waals surface area contributed by atoms with E-state index >= 15 is 0 Å². The van der Waals surface area contributed by atoms with Crippen LogP contribution in [0.1, 0.15) is 16.9 Å². The van der Waals surface area contributed by atoms with Crippen LogP contribution in [-0.2, 0) is 24.4 Å². The summed E-state index contributed by atoms with van der Waals surface area (Å²) in [6, 6.07) is 15.5. The number of thiazole rings is 1. The van der Waals surface area contributed by atoms with Crippen molar-refractivity contribution in [3.63, 3.8) is 0 Å². The van der Waals surface area contributed by atoms with Gasteiger partial charge in [0, 0.05) is 35.2 Å². The number of anilines is 1. The fraction of sp³-hybridized carbons (Fsp3) is 0.357. The standard InChI is InChI=1S/C28H29F4N5O2S/c1-36-11-10-23(21(29)15-36)35-22-8-5-9-24-20(22)12-25(37(24)17-28(30,31)32)26-33-13-19(40-26)14-34-27(38)39-16-18-6-3-2-4-7-18/h2-9,12-13,21,23,35H,10-11,14-17H2,1H3,(H,34,38)/t21-,23+/m0/s1. The van der Waals surface area contributed by atoms with Gasteiger partial charge in [-0.3, -0.25) is 0 Å². The maximum atomic E-state index is 14.7. The van der Waals surface area contributed by atoms with Gasteiger partial charge in [0.05, 0.1) is 23.8 Å². The van der Waals surface area contributed by atoms with E-state index in [2.05, 4.69) is 15.6 Å². The van der Waals surface area contributed by atoms with Gasteiger partial charge in [0.2, 0.25) is 0 Å². The quantitative estimate of drug-likeness (QED) is 0.245. The fourth-order valence-electron chi connectivity index (χ4n) is 4.80. The highest BCUT2D eigenvalue weighted by molar-refractivity contribution is 7.15. The summed E-state index contributed by atoms with van der Waals surface area (Å²) in [4.78, 5) is 19.1. The number of nitrogens with zero attached hydrogens (tertiary/aromatic N) is 3. The molecule has 2 aromatic heterocycles. The van der Waals surface area contributed by atoms with Crippen LogP contribution in [0.15, 0.2) is 60.8 Å². The van der Waals surface area contributed by atoms with Gasteiger partial charge in [-0.05, 0) is 37.2 Å². The minimum atomic E-state index is -4.47. The molecule has 4 aromatic rings. The molecule has 0 spiro atoms. The molecule has 5 rings (SSSR count). The van der Waals surface area contributed by atoms with Gasteiger partial charge >= 0.3 is 12.3 Å². The number of alkyl halides is 4. The van der Waals surface area contributed by atoms with Crippen molar-refractivity contribution in [2.24, 2.45) is 0 Å². The maximum Gasteiger partial charge on any atom is 0.407 e. The summed E-state index contributed by atoms with van der Waals surface area (Å²) in [7, 11) is 1.86. The minimum absolute atomic E-state index is 0.117. The Kier molecular flexibility index (Phi) is 8.27. The number of fused-ring (bicyclic) bond motifs is 1. The van der Waals surface area contributed by atoms with Gasteiger partial charge in [-0.25, -0.2) is 14.2 Å². The molecule has 0 unspecified atom stereocenters. The number of benzene rings is 2. The number of rotatable bonds is 8. The number of carbonyl (C=O) groups is 1. The topological polar surface area (TPSA) is 71.4 Å². The maximum absolute atomic E-state index is 14.7. The van der Waals surface area contributed by atoms with E-state index in [9.17, 15) is 22.4 Å². The Balaban J connectivity index is 1.35. The van der Waals surface area contributed by atoms with Gasteiger partial charge in [0.25, 0.3) is 0 Å². The molecule has 12 heteroatoms. The smallest absolute Gasteiger partial charge is 0.407 e. The summed E-state index contributed by atoms with van der Waals surface area (Å²) in [6.45, 7) is 0.0584. The zero-order valence-corrected chi connectivity index (χ0v) is 22.6. The number of aromatic nitrogens is 2. The van der Waals surface area contributed by atoms with Crippen molar-refractivity contribution in [3.8, 4) is 10.7 Å². The number of hydrogen-bond acceptors (Lipinski definition) is 6. The SMILES string of the molecule is CN1CC[C@@H](Nc2cccc3c2cc(-c2ncc(CNC(=O)OCc4ccccc4)s2)n3CC(F)(F)F)[C@@H](F)C1. The first-order valence-corrected chi connectivity index (χ1v) is 13.7. The summed E-state index contributed by atoms with van der Waals surface area (Å²) in [6.07, 6.45) is -4.06. The summed E-state index contributed by atoms with van der Waals surface area (Å²) in [5.41, 5.74) is 2.10. The van der Waals surface area contributed by atoms with Crippen molar-refractivity contribution in [2.45, 2.75) is 44.5 Å². The molecule has 212 valence electrons. The van der Waals surface area contributed by atoms with Crippen molar-refractivity contribution < 1.29 is 27.1 Å². The first-order valence-electron chi connectivity index (χ1n) is 12.8. The number of likely N-dealkylation sites (tertiary alicyclic amines) is 1. The number of ether oxygens (including phenoxy) is 1. The predicted molar refractivity (Wildman–Crippen MR) is 147 cm³/mol. The Morgan fingerprint density at radius 1 is 1.18 bits per heavy atom. The van der Waals surface area contributed by atoms with Crippen molar-refractivity contribution in [1.82, 2.24) is 19.8 Å². The number of hydrogen-bond donors (Lipinski definition) is 2. The molecule has 7 nitrogen and oxygen atoms in total. The number of piperidine rings is 1. The number of alkyl carbamates (subject to hydrolysis) is 1. The molecule has 0 aliphatic carbocycles. The molecular formula is C28H29F4N5O2S. The second kappa shape index (κ2) is 11.8. The predicted octanol–water partition coefficient (Wildman–Crippen LogP) is 6.21. The van der Waals surface area contributed by atoms with E-state index in [4.69, 9.17) is 4.74 Å². The summed E-state index contributed by atoms with van der Waals surface area (Å²) < 4.78 is 62.1. The second-order valence-electron chi connectivity index (χ2n) is 9.83. The first kappa shape index (κ1) is 27.9. The van der Waals surface area contributed by atoms with Crippen LogP contribution < -0.4 is 10.6 Å². The van der Waals surface area contributed by atoms with Crippen LogP contribution in [0.2, 0.25) is 0 Å². The summed E-state index contributed by atoms with van der Waals surface area (Å²) in [5, 5.41) is 6.83. The van der Waals surface area contributed by atoms with Crippen LogP contribution in [0.5, 0.6) is 0 Å². The van der Waals surface area contributed by atoms with Gasteiger partial charge < -0.3 is 24.8 Å². The van der Waals surface area contributed by atoms with Gasteiger partial charge in [-0.1, -0.05) is 36.4 Å². The molecule has 1 aliphatic rings. The fourth-order valence-corrected chi connectivity index (χ4v) is 5.67. The summed E-state index contributed by atoms with van der Waals surface area (Å²) >= 11 is 1.18. The number of nitrogens with one attached hydrogen (secondary N) is 2. The summed E-state index contributed by atoms with van der Waals surface area (Å²) in [5.74, 6) is 0. The Labute approximate surface area is 232 Å². The number of amides is 1. The van der Waals surface area contributed by atoms with Crippen molar-refractivity contribution in [2.75, 3.05) is 25.5 Å². The lowest BCUT2D eigenvalue weighted by atomic mass is 10.0. The van der Waals surface area contributed by atoms with Gasteiger partial charge in [-0.2, -0.15) is 13.2 Å². The van der Waals surface area contributed by atoms with Crippen molar-refractivity contribution in [1.29, 1.82) is 0 Å². The third kappa shape index (κ3) is 6.73. The molecular weight excluding hydrogens is 546 g/mol. The van der Waals surface area contributed by atoms with Gasteiger partial charge in [0.1, 0.15) is 24.3 Å². The van der Waals surface area contributed by atoms with Gasteiger partial charge in [-0.15, -0.1) is 11.3 Å². The molecule has 3 heterocycles. The van der Waals surface area contributed by atoms with Crippen LogP contribution >= 0.6 is 11.3 Å². The van der Waals surface area contributed by atoms with E-state index in [0.717, 1.165) is 12.1 Å². The van der Waals surface area contributed by atoms with E-state index in [1.165, 1.54) is 22.1 Å². The lowest BCUT2D eigenvalue weighted by Crippen LogP contribution is -2.46. The van der Waals surface area contributed by atoms with E-state index in [1.54, 1.807) is 24.3 Å². The zero-order valence-electron chi connectivity index (χ0n) is 21.7. The third-order valence-corrected chi connectivity index (χ3v) is 7.78. The highest BCUT2D eigenvalue weighted by Crippen LogP contribution is 2.37. The largest absolute Gasteiger partial charge is 0.445 e. The Morgan fingerprint density at radius 3 is 2.73 bits per heavy atom. The third-order valence-electron chi connectivity index (χ3n) is 6.76. The van der Waals surface area contributed by atoms with Crippen LogP contribution in [0, 0.1) is 0 Å². The van der Waals surface area contributed by atoms with Crippen LogP contribution in [0.25, 0.3) is 21.6 Å². The molecule has 1 saturated heterocycles. The molecule has 2 aromatic carbocycles. The lowest BCUT2D eigenvalue weighted by molar-refractivity contribution is -0.139. The molecule has 2 atom stereocenters. The monoisotopic (exact) mass is 575 g/mol. The highest BCUT2D eigenvalue weighted by atomic mass is 32.1. The molecule has 1 fully saturated rings. The average Bonchev–Trinajstić information content (AvgIpc) is 3.53. The molecule has 0 bridgehead atoms. The molecule has 40 heavy (non-hydrogen) atoms. The minimum Gasteiger partial charge on any atom is -0.445 e. The first-order chi connectivity index (χ1) is 19.2. The molecule has 1 aliphatic heterocycles. The van der Waals surface area contributed by atoms with Crippen LogP contribution in [0.4, 0.5) is 28.0 Å². The molecule has 1 amide bonds. The van der Waals surface area contributed by atoms with Crippen LogP contribution in [-0.4, -0.2) is 59.1 Å². The molecule has 0 saturated carbocycles. The van der Waals surface area contributed by atoms with E-state index in [1.807, 2.05) is 42.3 Å². The zero-order chi connectivity index (χ0) is 28.3. The van der Waals surface area contributed by atoms with E-state index in [-0.39, 0.29) is 13.2 Å². The lowest BCUT2D eigenvalue weighted by Gasteiger charge is -2.33. The van der Waals surface area contributed by atoms with Gasteiger partial charge in [0.15, 0.2) is 0 Å². The number of halogens is 4. The Bertz CT molecular complexity index is 1460. The number of carbonyl (C=O) groups excluding carboxylic acids is 1. The Hall–Kier alpha value is -3.64. The van der Waals surface area contributed by atoms with Crippen molar-refractivity contribution >= 4 is 34.0 Å². The molecule has 0 radical (unpaired) electrons. The highest BCUT2D eigenvalue weighted by Gasteiger charge is 2.32. The second-order valence-corrected chi connectivity index (χ2v) is 10.9. The van der Waals surface area contributed by atoms with E-state index in [0.29, 0.717) is 45.1 Å².